The molecule has 0 saturated carbocycles. The van der Waals surface area contributed by atoms with Crippen LogP contribution in [-0.4, -0.2) is 8.86 Å². The molecule has 0 aliphatic heterocycles. The van der Waals surface area contributed by atoms with Crippen molar-refractivity contribution in [3.63, 3.8) is 0 Å². The fraction of sp³-hybridized carbons (Fsp3) is 1.00. The van der Waals surface area contributed by atoms with Crippen molar-refractivity contribution >= 4 is 45.2 Å². The standard InChI is InChI=1S/2CHF2I/c2*2-1(3)4/h2*1H. The summed E-state index contributed by atoms with van der Waals surface area (Å²) < 4.78 is 36.9. The molecule has 0 aliphatic carbocycles. The largest absolute Gasteiger partial charge is 0.287 e. The van der Waals surface area contributed by atoms with Crippen molar-refractivity contribution in [3.05, 3.63) is 0 Å². The summed E-state index contributed by atoms with van der Waals surface area (Å²) >= 11 is 2.02. The summed E-state index contributed by atoms with van der Waals surface area (Å²) in [5.41, 5.74) is 0. The fourth-order valence-electron chi connectivity index (χ4n) is 0. The lowest BCUT2D eigenvalue weighted by Gasteiger charge is -1.67. The molecule has 0 rings (SSSR count). The maximum Gasteiger partial charge on any atom is 0.287 e. The second-order valence-corrected chi connectivity index (χ2v) is 2.38. The Morgan fingerprint density at radius 2 is 0.750 bits per heavy atom. The molecule has 0 bridgehead atoms. The average molecular weight is 356 g/mol. The summed E-state index contributed by atoms with van der Waals surface area (Å²) in [7, 11) is 0. The Morgan fingerprint density at radius 1 is 0.750 bits per heavy atom. The van der Waals surface area contributed by atoms with Crippen LogP contribution in [0.15, 0.2) is 0 Å². The lowest BCUT2D eigenvalue weighted by molar-refractivity contribution is 0.271. The zero-order valence-corrected chi connectivity index (χ0v) is 7.74. The van der Waals surface area contributed by atoms with E-state index in [1.165, 1.54) is 0 Å². The van der Waals surface area contributed by atoms with Crippen LogP contribution in [0, 0.1) is 0 Å². The molecule has 0 nitrogen and oxygen atoms in total. The maximum absolute atomic E-state index is 10.3. The zero-order chi connectivity index (χ0) is 7.15. The van der Waals surface area contributed by atoms with Gasteiger partial charge in [-0.15, -0.1) is 0 Å². The van der Waals surface area contributed by atoms with E-state index in [-0.39, 0.29) is 0 Å². The Morgan fingerprint density at radius 3 is 0.750 bits per heavy atom. The van der Waals surface area contributed by atoms with E-state index in [1.54, 1.807) is 0 Å². The predicted octanol–water partition coefficient (Wildman–Crippen LogP) is 3.29. The molecule has 0 radical (unpaired) electrons. The van der Waals surface area contributed by atoms with Crippen molar-refractivity contribution in [2.75, 3.05) is 0 Å². The van der Waals surface area contributed by atoms with Crippen LogP contribution in [0.25, 0.3) is 0 Å². The maximum atomic E-state index is 10.3. The van der Waals surface area contributed by atoms with Gasteiger partial charge in [0.1, 0.15) is 0 Å². The summed E-state index contributed by atoms with van der Waals surface area (Å²) in [6.45, 7) is 0. The van der Waals surface area contributed by atoms with Crippen molar-refractivity contribution in [1.82, 2.24) is 0 Å². The van der Waals surface area contributed by atoms with Crippen molar-refractivity contribution in [1.29, 1.82) is 0 Å². The van der Waals surface area contributed by atoms with Gasteiger partial charge in [0.15, 0.2) is 0 Å². The Labute approximate surface area is 71.3 Å². The molecule has 0 N–H and O–H groups in total. The van der Waals surface area contributed by atoms with Crippen molar-refractivity contribution in [3.8, 4) is 0 Å². The van der Waals surface area contributed by atoms with E-state index >= 15 is 0 Å². The van der Waals surface area contributed by atoms with E-state index in [1.807, 2.05) is 0 Å². The second-order valence-electron chi connectivity index (χ2n) is 0.495. The van der Waals surface area contributed by atoms with Crippen LogP contribution < -0.4 is 0 Å². The molecule has 0 heterocycles. The van der Waals surface area contributed by atoms with Crippen LogP contribution in [0.1, 0.15) is 0 Å². The SMILES string of the molecule is FC(F)I.FC(F)I. The van der Waals surface area contributed by atoms with E-state index in [0.29, 0.717) is 0 Å². The van der Waals surface area contributed by atoms with Gasteiger partial charge in [0.25, 0.3) is 8.86 Å². The number of hydrogen-bond acceptors (Lipinski definition) is 0. The third kappa shape index (κ3) is 197. The minimum absolute atomic E-state index is 1.01. The molecule has 0 atom stereocenters. The first-order valence-corrected chi connectivity index (χ1v) is 3.80. The van der Waals surface area contributed by atoms with E-state index in [4.69, 9.17) is 0 Å². The summed E-state index contributed by atoms with van der Waals surface area (Å²) in [6.07, 6.45) is 0. The van der Waals surface area contributed by atoms with Gasteiger partial charge in [-0.25, -0.2) is 0 Å². The molecule has 0 aromatic carbocycles. The highest BCUT2D eigenvalue weighted by atomic mass is 127. The van der Waals surface area contributed by atoms with Gasteiger partial charge in [0.2, 0.25) is 0 Å². The van der Waals surface area contributed by atoms with E-state index < -0.39 is 8.86 Å². The minimum atomic E-state index is -2.20. The van der Waals surface area contributed by atoms with Gasteiger partial charge >= 0.3 is 0 Å². The number of alkyl halides is 6. The highest BCUT2D eigenvalue weighted by molar-refractivity contribution is 14.1. The number of halogens is 6. The smallest absolute Gasteiger partial charge is 0.199 e. The van der Waals surface area contributed by atoms with Gasteiger partial charge in [-0.2, -0.15) is 17.6 Å². The first-order valence-electron chi connectivity index (χ1n) is 1.31. The quantitative estimate of drug-likeness (QED) is 0.355. The third-order valence-corrected chi connectivity index (χ3v) is 0. The molecule has 0 spiro atoms. The first-order chi connectivity index (χ1) is 3.46. The van der Waals surface area contributed by atoms with Gasteiger partial charge in [-0.1, -0.05) is 0 Å². The van der Waals surface area contributed by atoms with E-state index in [2.05, 4.69) is 0 Å². The Bertz CT molecular complexity index is 27.5. The minimum Gasteiger partial charge on any atom is -0.199 e. The topological polar surface area (TPSA) is 0 Å². The van der Waals surface area contributed by atoms with E-state index in [9.17, 15) is 17.6 Å². The van der Waals surface area contributed by atoms with Crippen molar-refractivity contribution < 1.29 is 17.6 Å². The zero-order valence-electron chi connectivity index (χ0n) is 3.42. The number of rotatable bonds is 0. The van der Waals surface area contributed by atoms with Gasteiger partial charge < -0.3 is 0 Å². The summed E-state index contributed by atoms with van der Waals surface area (Å²) in [4.78, 5) is 0. The summed E-state index contributed by atoms with van der Waals surface area (Å²) in [5.74, 6) is 0. The fourth-order valence-corrected chi connectivity index (χ4v) is 0. The highest BCUT2D eigenvalue weighted by Crippen LogP contribution is 1.99. The monoisotopic (exact) mass is 356 g/mol. The molecule has 0 saturated heterocycles. The molecule has 52 valence electrons. The lowest BCUT2D eigenvalue weighted by Crippen LogP contribution is -1.60. The second kappa shape index (κ2) is 8.18. The van der Waals surface area contributed by atoms with Gasteiger partial charge in [-0.3, -0.25) is 0 Å². The van der Waals surface area contributed by atoms with Crippen LogP contribution in [0.4, 0.5) is 17.6 Å². The molecule has 8 heavy (non-hydrogen) atoms. The Balaban J connectivity index is 0. The highest BCUT2D eigenvalue weighted by Gasteiger charge is 1.83. The van der Waals surface area contributed by atoms with Gasteiger partial charge in [0.05, 0.1) is 0 Å². The van der Waals surface area contributed by atoms with E-state index in [0.717, 1.165) is 45.2 Å². The molecule has 0 aromatic heterocycles. The molecule has 0 unspecified atom stereocenters. The molecule has 0 amide bonds. The van der Waals surface area contributed by atoms with Crippen LogP contribution in [0.2, 0.25) is 0 Å². The molecular weight excluding hydrogens is 354 g/mol. The predicted molar refractivity (Wildman–Crippen MR) is 40.0 cm³/mol. The average Bonchev–Trinajstić information content (AvgIpc) is 1.25. The lowest BCUT2D eigenvalue weighted by atomic mass is 11.7. The first kappa shape index (κ1) is 11.9. The van der Waals surface area contributed by atoms with Crippen molar-refractivity contribution in [2.45, 2.75) is 8.86 Å². The van der Waals surface area contributed by atoms with Crippen LogP contribution in [0.3, 0.4) is 0 Å². The summed E-state index contributed by atoms with van der Waals surface area (Å²) in [6, 6.07) is 0. The van der Waals surface area contributed by atoms with Crippen LogP contribution in [-0.2, 0) is 0 Å². The third-order valence-electron chi connectivity index (χ3n) is 0. The van der Waals surface area contributed by atoms with Crippen LogP contribution in [0.5, 0.6) is 0 Å². The van der Waals surface area contributed by atoms with Gasteiger partial charge in [0, 0.05) is 0 Å². The molecule has 6 heteroatoms. The van der Waals surface area contributed by atoms with Gasteiger partial charge in [-0.05, 0) is 45.2 Å². The molecule has 0 aromatic rings. The van der Waals surface area contributed by atoms with Crippen molar-refractivity contribution in [2.24, 2.45) is 0 Å². The normalized spacial score (nSPS) is 9.00. The molecular formula is C2H2F4I2. The summed E-state index contributed by atoms with van der Waals surface area (Å²) in [5, 5.41) is 0. The Kier molecular flexibility index (Phi) is 12.2. The Hall–Kier alpha value is 1.18. The molecule has 0 aliphatic rings. The molecule has 0 fully saturated rings. The van der Waals surface area contributed by atoms with Crippen LogP contribution >= 0.6 is 45.2 Å². The number of hydrogen-bond donors (Lipinski definition) is 0.